The van der Waals surface area contributed by atoms with E-state index in [9.17, 15) is 34.8 Å². The second-order valence-corrected chi connectivity index (χ2v) is 16.7. The van der Waals surface area contributed by atoms with E-state index in [0.717, 1.165) is 24.8 Å². The molecular weight excluding hydrogens is 724 g/mol. The number of aromatic nitrogens is 1. The first kappa shape index (κ1) is 47.8. The quantitative estimate of drug-likeness (QED) is 0.0902. The minimum atomic E-state index is -2.03. The molecule has 56 heavy (non-hydrogen) atoms. The van der Waals surface area contributed by atoms with Gasteiger partial charge in [-0.1, -0.05) is 26.8 Å². The van der Waals surface area contributed by atoms with Crippen LogP contribution in [0.5, 0.6) is 0 Å². The average Bonchev–Trinajstić information content (AvgIpc) is 3.15. The van der Waals surface area contributed by atoms with E-state index >= 15 is 0 Å². The number of esters is 1. The highest BCUT2D eigenvalue weighted by atomic mass is 16.7. The lowest BCUT2D eigenvalue weighted by Gasteiger charge is -2.47. The second-order valence-electron chi connectivity index (χ2n) is 16.7. The molecule has 2 aliphatic heterocycles. The third kappa shape index (κ3) is 12.7. The van der Waals surface area contributed by atoms with E-state index in [0.29, 0.717) is 13.0 Å². The Balaban J connectivity index is 1.95. The maximum atomic E-state index is 14.3. The highest BCUT2D eigenvalue weighted by Crippen LogP contribution is 2.36. The predicted molar refractivity (Wildman–Crippen MR) is 209 cm³/mol. The van der Waals surface area contributed by atoms with Crippen LogP contribution in [-0.2, 0) is 39.8 Å². The number of rotatable bonds is 14. The summed E-state index contributed by atoms with van der Waals surface area (Å²) < 4.78 is 25.1. The summed E-state index contributed by atoms with van der Waals surface area (Å²) in [7, 11) is 3.69. The Kier molecular flexibility index (Phi) is 18.3. The number of ketones is 1. The molecule has 0 spiro atoms. The van der Waals surface area contributed by atoms with Gasteiger partial charge in [-0.2, -0.15) is 0 Å². The summed E-state index contributed by atoms with van der Waals surface area (Å²) in [6.07, 6.45) is -0.656. The smallest absolute Gasteiger partial charge is 0.316 e. The molecule has 14 atom stereocenters. The number of aryl methyl sites for hydroxylation is 1. The van der Waals surface area contributed by atoms with Crippen LogP contribution >= 0.6 is 0 Å². The minimum Gasteiger partial charge on any atom is -0.459 e. The van der Waals surface area contributed by atoms with E-state index in [-0.39, 0.29) is 38.1 Å². The van der Waals surface area contributed by atoms with E-state index in [1.807, 2.05) is 44.2 Å². The highest BCUT2D eigenvalue weighted by molar-refractivity contribution is 6.00. The van der Waals surface area contributed by atoms with Gasteiger partial charge in [0.05, 0.1) is 42.5 Å². The van der Waals surface area contributed by atoms with E-state index in [2.05, 4.69) is 15.6 Å². The van der Waals surface area contributed by atoms with Gasteiger partial charge in [0.2, 0.25) is 5.91 Å². The first-order chi connectivity index (χ1) is 26.2. The Morgan fingerprint density at radius 1 is 1.09 bits per heavy atom. The van der Waals surface area contributed by atoms with E-state index < -0.39 is 89.5 Å². The number of likely N-dealkylation sites (N-methyl/N-ethyl adjacent to an activating group) is 1. The minimum absolute atomic E-state index is 0.0423. The molecule has 3 rings (SSSR count). The van der Waals surface area contributed by atoms with Crippen LogP contribution in [0.15, 0.2) is 24.5 Å². The highest BCUT2D eigenvalue weighted by Gasteiger charge is 2.51. The zero-order valence-electron chi connectivity index (χ0n) is 35.1. The molecule has 15 nitrogen and oxygen atoms in total. The molecule has 0 aliphatic carbocycles. The van der Waals surface area contributed by atoms with Crippen LogP contribution in [0.3, 0.4) is 0 Å². The maximum absolute atomic E-state index is 14.3. The number of hydrogen-bond acceptors (Lipinski definition) is 14. The first-order valence-electron chi connectivity index (χ1n) is 20.2. The van der Waals surface area contributed by atoms with Crippen LogP contribution in [0.1, 0.15) is 93.1 Å². The fraction of sp³-hybridized carbons (Fsp3) is 0.805. The molecule has 0 radical (unpaired) electrons. The fourth-order valence-electron chi connectivity index (χ4n) is 7.98. The van der Waals surface area contributed by atoms with Crippen LogP contribution < -0.4 is 10.6 Å². The molecule has 1 aromatic heterocycles. The Hall–Kier alpha value is -2.60. The lowest BCUT2D eigenvalue weighted by atomic mass is 9.79. The zero-order valence-corrected chi connectivity index (χ0v) is 35.1. The number of aliphatic hydroxyl groups is 4. The fourth-order valence-corrected chi connectivity index (χ4v) is 7.98. The van der Waals surface area contributed by atoms with Crippen molar-refractivity contribution in [2.75, 3.05) is 33.8 Å². The number of carbonyl (C=O) groups is 3. The number of nitrogens with one attached hydrogen (secondary N) is 2. The summed E-state index contributed by atoms with van der Waals surface area (Å²) in [5, 5.41) is 51.5. The standard InChI is InChI=1S/C41H70N4O11/c1-11-32-41(8,52)35(49)28(6)37(50)44-24(2)20-40(7,53-23-30(46)22-43-17-13-12-15-29-16-14-18-42-21-29)36(26(4)33(47)27(5)38(51)55-32)56-39-34(48)31(45(9)10)19-25(3)54-39/h14,16,18,21,24-28,30-32,34-36,39,43,46,48-49,52H,11-13,15,17,19-20,22-23H2,1-10H3,(H,44,50)/t24-,25-,26+,27-,28-,30+,31+,32-,34-,35-,36-,39+,40-,41-/m1/s1. The van der Waals surface area contributed by atoms with Crippen molar-refractivity contribution >= 4 is 17.7 Å². The Morgan fingerprint density at radius 3 is 2.41 bits per heavy atom. The number of unbranched alkanes of at least 4 members (excludes halogenated alkanes) is 1. The Labute approximate surface area is 333 Å². The van der Waals surface area contributed by atoms with Gasteiger partial charge in [-0.25, -0.2) is 0 Å². The molecule has 0 unspecified atom stereocenters. The lowest BCUT2D eigenvalue weighted by Crippen LogP contribution is -2.60. The molecule has 15 heteroatoms. The zero-order chi connectivity index (χ0) is 42.0. The average molecular weight is 795 g/mol. The van der Waals surface area contributed by atoms with Crippen LogP contribution in [0, 0.1) is 17.8 Å². The van der Waals surface area contributed by atoms with Gasteiger partial charge in [-0.3, -0.25) is 19.4 Å². The van der Waals surface area contributed by atoms with Crippen molar-refractivity contribution in [1.29, 1.82) is 0 Å². The summed E-state index contributed by atoms with van der Waals surface area (Å²) >= 11 is 0. The van der Waals surface area contributed by atoms with Crippen molar-refractivity contribution in [3.05, 3.63) is 30.1 Å². The van der Waals surface area contributed by atoms with Crippen LogP contribution in [-0.4, -0.2) is 148 Å². The van der Waals surface area contributed by atoms with Gasteiger partial charge in [0.25, 0.3) is 0 Å². The molecule has 320 valence electrons. The molecule has 2 aliphatic rings. The van der Waals surface area contributed by atoms with Crippen LogP contribution in [0.2, 0.25) is 0 Å². The van der Waals surface area contributed by atoms with E-state index in [1.54, 1.807) is 33.9 Å². The summed E-state index contributed by atoms with van der Waals surface area (Å²) in [4.78, 5) is 47.5. The van der Waals surface area contributed by atoms with Crippen LogP contribution in [0.4, 0.5) is 0 Å². The Morgan fingerprint density at radius 2 is 1.79 bits per heavy atom. The number of nitrogens with zero attached hydrogens (tertiary/aromatic N) is 2. The number of aliphatic hydroxyl groups excluding tert-OH is 3. The van der Waals surface area contributed by atoms with Gasteiger partial charge in [0, 0.05) is 36.9 Å². The lowest BCUT2D eigenvalue weighted by molar-refractivity contribution is -0.298. The van der Waals surface area contributed by atoms with Crippen molar-refractivity contribution in [2.45, 2.75) is 160 Å². The van der Waals surface area contributed by atoms with Gasteiger partial charge in [-0.15, -0.1) is 0 Å². The number of cyclic esters (lactones) is 1. The topological polar surface area (TPSA) is 209 Å². The second kappa shape index (κ2) is 21.4. The maximum Gasteiger partial charge on any atom is 0.316 e. The first-order valence-corrected chi connectivity index (χ1v) is 20.2. The summed E-state index contributed by atoms with van der Waals surface area (Å²) in [6, 6.07) is 2.97. The van der Waals surface area contributed by atoms with Gasteiger partial charge < -0.3 is 54.9 Å². The molecular formula is C41H70N4O11. The van der Waals surface area contributed by atoms with Gasteiger partial charge in [0.15, 0.2) is 12.1 Å². The van der Waals surface area contributed by atoms with Crippen molar-refractivity contribution in [1.82, 2.24) is 20.5 Å². The molecule has 0 bridgehead atoms. The van der Waals surface area contributed by atoms with Gasteiger partial charge in [-0.05, 0) is 105 Å². The predicted octanol–water partition coefficient (Wildman–Crippen LogP) is 1.76. The number of pyridine rings is 1. The number of amides is 1. The molecule has 0 saturated carbocycles. The van der Waals surface area contributed by atoms with E-state index in [1.165, 1.54) is 20.8 Å². The third-order valence-electron chi connectivity index (χ3n) is 11.5. The normalized spacial score (nSPS) is 37.3. The molecule has 0 aromatic carbocycles. The molecule has 2 saturated heterocycles. The van der Waals surface area contributed by atoms with Crippen molar-refractivity contribution in [3.63, 3.8) is 0 Å². The van der Waals surface area contributed by atoms with Crippen molar-refractivity contribution in [2.24, 2.45) is 17.8 Å². The summed E-state index contributed by atoms with van der Waals surface area (Å²) in [5.41, 5.74) is -2.30. The van der Waals surface area contributed by atoms with E-state index in [4.69, 9.17) is 18.9 Å². The number of ether oxygens (including phenoxy) is 4. The molecule has 1 aromatic rings. The van der Waals surface area contributed by atoms with Crippen molar-refractivity contribution < 1.29 is 53.8 Å². The molecule has 6 N–H and O–H groups in total. The number of hydrogen-bond donors (Lipinski definition) is 6. The SMILES string of the molecule is CC[C@H]1OC(=O)[C@H](C)C(=O)[C@H](C)[C@@H](O[C@@H]2O[C@H](C)C[C@H](N(C)C)[C@H]2O)[C@](C)(OC[C@@H](O)CNCCCCc2cccnc2)C[C@@H](C)NC(=O)[C@H](C)[C@@H](O)[C@]1(C)O. The monoisotopic (exact) mass is 795 g/mol. The number of Topliss-reactive ketones (excluding diaryl/α,β-unsaturated/α-hetero) is 1. The van der Waals surface area contributed by atoms with Crippen molar-refractivity contribution in [3.8, 4) is 0 Å². The van der Waals surface area contributed by atoms with Crippen LogP contribution in [0.25, 0.3) is 0 Å². The molecule has 3 heterocycles. The summed E-state index contributed by atoms with van der Waals surface area (Å²) in [6.45, 7) is 13.5. The number of carbonyl (C=O) groups excluding carboxylic acids is 3. The van der Waals surface area contributed by atoms with Gasteiger partial charge in [0.1, 0.15) is 23.7 Å². The molecule has 1 amide bonds. The molecule has 2 fully saturated rings. The summed E-state index contributed by atoms with van der Waals surface area (Å²) in [5.74, 6) is -5.57. The van der Waals surface area contributed by atoms with Gasteiger partial charge >= 0.3 is 5.97 Å². The third-order valence-corrected chi connectivity index (χ3v) is 11.5. The Bertz CT molecular complexity index is 1390. The largest absolute Gasteiger partial charge is 0.459 e.